The lowest BCUT2D eigenvalue weighted by Crippen LogP contribution is -2.55. The first-order chi connectivity index (χ1) is 7.34. The molecule has 1 aliphatic heterocycles. The summed E-state index contributed by atoms with van der Waals surface area (Å²) in [4.78, 5) is 10.7. The van der Waals surface area contributed by atoms with Crippen LogP contribution < -0.4 is 11.2 Å². The van der Waals surface area contributed by atoms with Crippen molar-refractivity contribution in [3.05, 3.63) is 11.6 Å². The van der Waals surface area contributed by atoms with Crippen molar-refractivity contribution < 1.29 is 9.90 Å². The van der Waals surface area contributed by atoms with E-state index in [1.807, 2.05) is 0 Å². The maximum atomic E-state index is 10.7. The number of hydrazine groups is 1. The molecule has 0 saturated carbocycles. The van der Waals surface area contributed by atoms with Crippen LogP contribution >= 0.6 is 0 Å². The highest BCUT2D eigenvalue weighted by Crippen LogP contribution is 2.29. The topological polar surface area (TPSA) is 78.6 Å². The van der Waals surface area contributed by atoms with Crippen LogP contribution in [0.2, 0.25) is 0 Å². The molecule has 92 valence electrons. The number of rotatable bonds is 2. The zero-order chi connectivity index (χ0) is 12.3. The van der Waals surface area contributed by atoms with E-state index in [0.29, 0.717) is 13.1 Å². The molecule has 0 aromatic heterocycles. The summed E-state index contributed by atoms with van der Waals surface area (Å²) >= 11 is 0. The summed E-state index contributed by atoms with van der Waals surface area (Å²) in [6, 6.07) is 0.166. The molecule has 16 heavy (non-hydrogen) atoms. The minimum Gasteiger partial charge on any atom is -0.464 e. The van der Waals surface area contributed by atoms with Crippen LogP contribution in [0.4, 0.5) is 4.79 Å². The van der Waals surface area contributed by atoms with Crippen LogP contribution in [0.15, 0.2) is 11.6 Å². The number of carboxylic acid groups (broad SMARTS) is 1. The molecule has 1 heterocycles. The van der Waals surface area contributed by atoms with Gasteiger partial charge in [-0.1, -0.05) is 26.8 Å². The average molecular weight is 227 g/mol. The van der Waals surface area contributed by atoms with Gasteiger partial charge in [0.2, 0.25) is 0 Å². The summed E-state index contributed by atoms with van der Waals surface area (Å²) in [6.45, 7) is 7.37. The Morgan fingerprint density at radius 2 is 2.31 bits per heavy atom. The van der Waals surface area contributed by atoms with E-state index in [0.717, 1.165) is 12.0 Å². The average Bonchev–Trinajstić information content (AvgIpc) is 2.14. The number of hydrogen-bond acceptors (Lipinski definition) is 3. The van der Waals surface area contributed by atoms with Gasteiger partial charge in [-0.05, 0) is 17.4 Å². The third kappa shape index (κ3) is 3.21. The highest BCUT2D eigenvalue weighted by atomic mass is 16.4. The minimum absolute atomic E-state index is 0.0269. The van der Waals surface area contributed by atoms with Crippen molar-refractivity contribution in [2.24, 2.45) is 11.1 Å². The van der Waals surface area contributed by atoms with Gasteiger partial charge < -0.3 is 10.8 Å². The SMILES string of the molecule is CC(C)(C)C1CC=C(CN)CN1NC(=O)O. The van der Waals surface area contributed by atoms with Crippen molar-refractivity contribution in [2.75, 3.05) is 13.1 Å². The monoisotopic (exact) mass is 227 g/mol. The van der Waals surface area contributed by atoms with E-state index in [1.54, 1.807) is 5.01 Å². The molecule has 0 saturated heterocycles. The van der Waals surface area contributed by atoms with Gasteiger partial charge in [0, 0.05) is 19.1 Å². The van der Waals surface area contributed by atoms with E-state index in [1.165, 1.54) is 0 Å². The second-order valence-electron chi connectivity index (χ2n) is 5.23. The lowest BCUT2D eigenvalue weighted by atomic mass is 9.82. The van der Waals surface area contributed by atoms with Crippen LogP contribution in [0.1, 0.15) is 27.2 Å². The number of nitrogens with zero attached hydrogens (tertiary/aromatic N) is 1. The normalized spacial score (nSPS) is 22.8. The molecule has 0 bridgehead atoms. The Hall–Kier alpha value is -1.07. The molecular weight excluding hydrogens is 206 g/mol. The van der Waals surface area contributed by atoms with Gasteiger partial charge in [0.15, 0.2) is 0 Å². The summed E-state index contributed by atoms with van der Waals surface area (Å²) in [6.07, 6.45) is 1.93. The molecule has 1 unspecified atom stereocenters. The molecule has 0 spiro atoms. The van der Waals surface area contributed by atoms with Gasteiger partial charge in [-0.25, -0.2) is 9.80 Å². The molecule has 0 radical (unpaired) electrons. The Labute approximate surface area is 96.3 Å². The van der Waals surface area contributed by atoms with Crippen molar-refractivity contribution in [3.8, 4) is 0 Å². The molecule has 0 aliphatic carbocycles. The van der Waals surface area contributed by atoms with Gasteiger partial charge in [-0.15, -0.1) is 0 Å². The van der Waals surface area contributed by atoms with Gasteiger partial charge in [-0.2, -0.15) is 0 Å². The summed E-state index contributed by atoms with van der Waals surface area (Å²) < 4.78 is 0. The Morgan fingerprint density at radius 3 is 2.75 bits per heavy atom. The van der Waals surface area contributed by atoms with E-state index in [-0.39, 0.29) is 11.5 Å². The quantitative estimate of drug-likeness (QED) is 0.619. The van der Waals surface area contributed by atoms with E-state index >= 15 is 0 Å². The third-order valence-corrected chi connectivity index (χ3v) is 2.88. The highest BCUT2D eigenvalue weighted by molar-refractivity contribution is 5.63. The van der Waals surface area contributed by atoms with Crippen LogP contribution in [0.3, 0.4) is 0 Å². The fraction of sp³-hybridized carbons (Fsp3) is 0.727. The van der Waals surface area contributed by atoms with E-state index in [2.05, 4.69) is 32.3 Å². The van der Waals surface area contributed by atoms with Crippen molar-refractivity contribution in [3.63, 3.8) is 0 Å². The third-order valence-electron chi connectivity index (χ3n) is 2.88. The minimum atomic E-state index is -1.02. The highest BCUT2D eigenvalue weighted by Gasteiger charge is 2.33. The van der Waals surface area contributed by atoms with Crippen LogP contribution in [-0.2, 0) is 0 Å². The molecule has 1 aliphatic rings. The summed E-state index contributed by atoms with van der Waals surface area (Å²) in [5.41, 5.74) is 9.14. The van der Waals surface area contributed by atoms with Crippen molar-refractivity contribution in [1.29, 1.82) is 0 Å². The molecule has 1 amide bonds. The van der Waals surface area contributed by atoms with Crippen molar-refractivity contribution >= 4 is 6.09 Å². The van der Waals surface area contributed by atoms with Gasteiger partial charge in [0.25, 0.3) is 0 Å². The smallest absolute Gasteiger partial charge is 0.419 e. The Kier molecular flexibility index (Phi) is 3.93. The van der Waals surface area contributed by atoms with Gasteiger partial charge in [-0.3, -0.25) is 5.43 Å². The molecule has 5 heteroatoms. The number of amides is 1. The number of hydrogen-bond donors (Lipinski definition) is 3. The predicted octanol–water partition coefficient (Wildman–Crippen LogP) is 1.17. The van der Waals surface area contributed by atoms with E-state index < -0.39 is 6.09 Å². The zero-order valence-corrected chi connectivity index (χ0v) is 10.2. The van der Waals surface area contributed by atoms with Gasteiger partial charge in [0.05, 0.1) is 0 Å². The first-order valence-corrected chi connectivity index (χ1v) is 5.48. The molecule has 5 nitrogen and oxygen atoms in total. The number of carbonyl (C=O) groups is 1. The van der Waals surface area contributed by atoms with Gasteiger partial charge in [0.1, 0.15) is 0 Å². The van der Waals surface area contributed by atoms with Crippen LogP contribution in [0, 0.1) is 5.41 Å². The van der Waals surface area contributed by atoms with Crippen molar-refractivity contribution in [2.45, 2.75) is 33.2 Å². The number of nitrogens with one attached hydrogen (secondary N) is 1. The number of nitrogens with two attached hydrogens (primary N) is 1. The molecule has 0 aromatic carbocycles. The summed E-state index contributed by atoms with van der Waals surface area (Å²) in [7, 11) is 0. The van der Waals surface area contributed by atoms with Crippen LogP contribution in [0.5, 0.6) is 0 Å². The van der Waals surface area contributed by atoms with E-state index in [9.17, 15) is 4.79 Å². The van der Waals surface area contributed by atoms with Gasteiger partial charge >= 0.3 is 6.09 Å². The maximum Gasteiger partial charge on any atom is 0.419 e. The lowest BCUT2D eigenvalue weighted by molar-refractivity contribution is 0.0527. The largest absolute Gasteiger partial charge is 0.464 e. The lowest BCUT2D eigenvalue weighted by Gasteiger charge is -2.42. The predicted molar refractivity (Wildman–Crippen MR) is 62.9 cm³/mol. The zero-order valence-electron chi connectivity index (χ0n) is 10.2. The molecule has 0 fully saturated rings. The standard InChI is InChI=1S/C11H21N3O2/c1-11(2,3)9-5-4-8(6-12)7-14(9)13-10(15)16/h4,9,13H,5-7,12H2,1-3H3,(H,15,16). The summed E-state index contributed by atoms with van der Waals surface area (Å²) in [5, 5.41) is 10.6. The Morgan fingerprint density at radius 1 is 1.69 bits per heavy atom. The molecule has 1 atom stereocenters. The maximum absolute atomic E-state index is 10.7. The second-order valence-corrected chi connectivity index (χ2v) is 5.23. The first kappa shape index (κ1) is 13.0. The summed E-state index contributed by atoms with van der Waals surface area (Å²) in [5.74, 6) is 0. The Balaban J connectivity index is 2.81. The molecule has 1 rings (SSSR count). The first-order valence-electron chi connectivity index (χ1n) is 5.48. The molecule has 0 aromatic rings. The fourth-order valence-electron chi connectivity index (χ4n) is 2.01. The van der Waals surface area contributed by atoms with E-state index in [4.69, 9.17) is 10.8 Å². The fourth-order valence-corrected chi connectivity index (χ4v) is 2.01. The van der Waals surface area contributed by atoms with Crippen molar-refractivity contribution in [1.82, 2.24) is 10.4 Å². The van der Waals surface area contributed by atoms with Crippen LogP contribution in [0.25, 0.3) is 0 Å². The molecule has 4 N–H and O–H groups in total. The molecular formula is C11H21N3O2. The van der Waals surface area contributed by atoms with Crippen LogP contribution in [-0.4, -0.2) is 35.3 Å². The second kappa shape index (κ2) is 4.84. The Bertz CT molecular complexity index is 294.